The van der Waals surface area contributed by atoms with Gasteiger partial charge in [-0.25, -0.2) is 0 Å². The van der Waals surface area contributed by atoms with E-state index in [-0.39, 0.29) is 4.87 Å². The second-order valence-electron chi connectivity index (χ2n) is 2.91. The number of rotatable bonds is 2. The molecule has 72 valence electrons. The van der Waals surface area contributed by atoms with Crippen molar-refractivity contribution in [2.24, 2.45) is 5.73 Å². The molecule has 0 aliphatic carbocycles. The summed E-state index contributed by atoms with van der Waals surface area (Å²) >= 11 is 1.22. The smallest absolute Gasteiger partial charge is 0.305 e. The summed E-state index contributed by atoms with van der Waals surface area (Å²) < 4.78 is 0.981. The van der Waals surface area contributed by atoms with Gasteiger partial charge in [0.2, 0.25) is 0 Å². The molecule has 0 bridgehead atoms. The fourth-order valence-electron chi connectivity index (χ4n) is 1.27. The Labute approximate surface area is 84.9 Å². The highest BCUT2D eigenvalue weighted by atomic mass is 32.1. The topological polar surface area (TPSA) is 58.9 Å². The lowest BCUT2D eigenvalue weighted by molar-refractivity contribution is 1.26. The molecule has 1 heterocycles. The van der Waals surface area contributed by atoms with Crippen molar-refractivity contribution in [1.82, 2.24) is 4.98 Å². The van der Waals surface area contributed by atoms with E-state index in [1.54, 1.807) is 0 Å². The first-order chi connectivity index (χ1) is 6.79. The highest BCUT2D eigenvalue weighted by Gasteiger charge is 1.98. The predicted octanol–water partition coefficient (Wildman–Crippen LogP) is 1.56. The molecule has 0 unspecified atom stereocenters. The largest absolute Gasteiger partial charge is 0.327 e. The van der Waals surface area contributed by atoms with Gasteiger partial charge in [0.1, 0.15) is 0 Å². The average Bonchev–Trinajstić information content (AvgIpc) is 2.54. The van der Waals surface area contributed by atoms with E-state index in [0.29, 0.717) is 6.54 Å². The van der Waals surface area contributed by atoms with E-state index in [1.807, 2.05) is 30.4 Å². The van der Waals surface area contributed by atoms with Gasteiger partial charge in [-0.2, -0.15) is 0 Å². The van der Waals surface area contributed by atoms with E-state index in [4.69, 9.17) is 5.73 Å². The van der Waals surface area contributed by atoms with Crippen LogP contribution in [0.5, 0.6) is 0 Å². The first kappa shape index (κ1) is 9.18. The molecule has 4 heteroatoms. The highest BCUT2D eigenvalue weighted by Crippen LogP contribution is 2.16. The van der Waals surface area contributed by atoms with Crippen LogP contribution in [0.3, 0.4) is 0 Å². The van der Waals surface area contributed by atoms with Gasteiger partial charge in [0.05, 0.1) is 10.2 Å². The van der Waals surface area contributed by atoms with Gasteiger partial charge in [0.15, 0.2) is 0 Å². The maximum atomic E-state index is 11.0. The van der Waals surface area contributed by atoms with E-state index in [0.717, 1.165) is 15.8 Å². The quantitative estimate of drug-likeness (QED) is 0.783. The highest BCUT2D eigenvalue weighted by molar-refractivity contribution is 7.16. The Balaban J connectivity index is 2.50. The van der Waals surface area contributed by atoms with Gasteiger partial charge in [0.25, 0.3) is 0 Å². The normalized spacial score (nSPS) is 11.5. The number of nitrogens with one attached hydrogen (secondary N) is 1. The molecule has 0 aliphatic heterocycles. The van der Waals surface area contributed by atoms with Gasteiger partial charge in [-0.3, -0.25) is 4.79 Å². The standard InChI is InChI=1S/C10H10N2OS/c11-5-1-2-7-3-4-8-9(6-7)14-10(13)12-8/h1-4,6H,5,11H2,(H,12,13). The van der Waals surface area contributed by atoms with E-state index < -0.39 is 0 Å². The zero-order valence-electron chi connectivity index (χ0n) is 7.49. The molecule has 0 spiro atoms. The third-order valence-corrected chi connectivity index (χ3v) is 2.74. The van der Waals surface area contributed by atoms with Crippen molar-refractivity contribution >= 4 is 27.6 Å². The third kappa shape index (κ3) is 1.76. The van der Waals surface area contributed by atoms with Gasteiger partial charge in [0, 0.05) is 6.54 Å². The molecule has 3 nitrogen and oxygen atoms in total. The van der Waals surface area contributed by atoms with Crippen LogP contribution in [0.2, 0.25) is 0 Å². The number of thiazole rings is 1. The molecular formula is C10H10N2OS. The summed E-state index contributed by atoms with van der Waals surface area (Å²) in [5.41, 5.74) is 7.31. The van der Waals surface area contributed by atoms with Crippen LogP contribution in [-0.4, -0.2) is 11.5 Å². The van der Waals surface area contributed by atoms with E-state index in [1.165, 1.54) is 11.3 Å². The van der Waals surface area contributed by atoms with Crippen LogP contribution in [0.4, 0.5) is 0 Å². The number of fused-ring (bicyclic) bond motifs is 1. The molecule has 3 N–H and O–H groups in total. The van der Waals surface area contributed by atoms with Gasteiger partial charge in [-0.1, -0.05) is 29.6 Å². The van der Waals surface area contributed by atoms with E-state index >= 15 is 0 Å². The Bertz CT molecular complexity index is 524. The number of hydrogen-bond acceptors (Lipinski definition) is 3. The van der Waals surface area contributed by atoms with E-state index in [2.05, 4.69) is 4.98 Å². The monoisotopic (exact) mass is 206 g/mol. The zero-order chi connectivity index (χ0) is 9.97. The van der Waals surface area contributed by atoms with Crippen LogP contribution < -0.4 is 10.6 Å². The predicted molar refractivity (Wildman–Crippen MR) is 60.5 cm³/mol. The summed E-state index contributed by atoms with van der Waals surface area (Å²) in [7, 11) is 0. The van der Waals surface area contributed by atoms with Crippen LogP contribution in [0.1, 0.15) is 5.56 Å². The molecular weight excluding hydrogens is 196 g/mol. The second kappa shape index (κ2) is 3.77. The van der Waals surface area contributed by atoms with Crippen molar-refractivity contribution in [2.75, 3.05) is 6.54 Å². The molecule has 0 radical (unpaired) electrons. The summed E-state index contributed by atoms with van der Waals surface area (Å²) in [6.45, 7) is 0.529. The Hall–Kier alpha value is -1.39. The lowest BCUT2D eigenvalue weighted by Gasteiger charge is -1.92. The van der Waals surface area contributed by atoms with Crippen LogP contribution in [-0.2, 0) is 0 Å². The molecule has 2 aromatic rings. The molecule has 1 aromatic carbocycles. The molecule has 1 aromatic heterocycles. The average molecular weight is 206 g/mol. The van der Waals surface area contributed by atoms with Crippen LogP contribution in [0.25, 0.3) is 16.3 Å². The van der Waals surface area contributed by atoms with E-state index in [9.17, 15) is 4.79 Å². The molecule has 0 fully saturated rings. The minimum absolute atomic E-state index is 0.0139. The van der Waals surface area contributed by atoms with Crippen molar-refractivity contribution in [3.8, 4) is 0 Å². The summed E-state index contributed by atoms with van der Waals surface area (Å²) in [5.74, 6) is 0. The molecule has 14 heavy (non-hydrogen) atoms. The van der Waals surface area contributed by atoms with Gasteiger partial charge < -0.3 is 10.7 Å². The van der Waals surface area contributed by atoms with Crippen molar-refractivity contribution in [2.45, 2.75) is 0 Å². The SMILES string of the molecule is NCC=Cc1ccc2[nH]c(=O)sc2c1. The summed E-state index contributed by atoms with van der Waals surface area (Å²) in [6.07, 6.45) is 3.83. The van der Waals surface area contributed by atoms with Gasteiger partial charge in [-0.05, 0) is 17.7 Å². The van der Waals surface area contributed by atoms with Crippen LogP contribution >= 0.6 is 11.3 Å². The summed E-state index contributed by atoms with van der Waals surface area (Å²) in [6, 6.07) is 5.84. The number of aromatic amines is 1. The van der Waals surface area contributed by atoms with Crippen molar-refractivity contribution in [3.05, 3.63) is 39.5 Å². The molecule has 0 saturated heterocycles. The minimum atomic E-state index is -0.0139. The molecule has 0 saturated carbocycles. The Kier molecular flexibility index (Phi) is 2.47. The maximum Gasteiger partial charge on any atom is 0.305 e. The third-order valence-electron chi connectivity index (χ3n) is 1.89. The second-order valence-corrected chi connectivity index (χ2v) is 3.92. The van der Waals surface area contributed by atoms with Crippen molar-refractivity contribution < 1.29 is 0 Å². The number of benzene rings is 1. The Morgan fingerprint density at radius 1 is 1.50 bits per heavy atom. The van der Waals surface area contributed by atoms with Gasteiger partial charge >= 0.3 is 4.87 Å². The molecule has 0 aliphatic rings. The van der Waals surface area contributed by atoms with Crippen molar-refractivity contribution in [1.29, 1.82) is 0 Å². The first-order valence-electron chi connectivity index (χ1n) is 4.29. The zero-order valence-corrected chi connectivity index (χ0v) is 8.30. The maximum absolute atomic E-state index is 11.0. The molecule has 2 rings (SSSR count). The lowest BCUT2D eigenvalue weighted by atomic mass is 10.2. The van der Waals surface area contributed by atoms with Crippen molar-refractivity contribution in [3.63, 3.8) is 0 Å². The Morgan fingerprint density at radius 2 is 2.36 bits per heavy atom. The summed E-state index contributed by atoms with van der Waals surface area (Å²) in [4.78, 5) is 13.8. The molecule has 0 amide bonds. The van der Waals surface area contributed by atoms with Crippen LogP contribution in [0, 0.1) is 0 Å². The van der Waals surface area contributed by atoms with Gasteiger partial charge in [-0.15, -0.1) is 0 Å². The first-order valence-corrected chi connectivity index (χ1v) is 5.11. The number of aromatic nitrogens is 1. The fraction of sp³-hybridized carbons (Fsp3) is 0.100. The number of hydrogen-bond donors (Lipinski definition) is 2. The lowest BCUT2D eigenvalue weighted by Crippen LogP contribution is -1.91. The summed E-state index contributed by atoms with van der Waals surface area (Å²) in [5, 5.41) is 0. The Morgan fingerprint density at radius 3 is 3.14 bits per heavy atom. The number of nitrogens with two attached hydrogens (primary N) is 1. The number of H-pyrrole nitrogens is 1. The molecule has 0 atom stereocenters. The minimum Gasteiger partial charge on any atom is -0.327 e. The van der Waals surface area contributed by atoms with Crippen LogP contribution in [0.15, 0.2) is 29.1 Å². The fourth-order valence-corrected chi connectivity index (χ4v) is 2.05.